The quantitative estimate of drug-likeness (QED) is 0.353. The molecule has 6 heteroatoms. The summed E-state index contributed by atoms with van der Waals surface area (Å²) in [5.41, 5.74) is 4.27. The van der Waals surface area contributed by atoms with Crippen molar-refractivity contribution in [3.05, 3.63) is 65.7 Å². The van der Waals surface area contributed by atoms with Crippen molar-refractivity contribution in [1.29, 1.82) is 0 Å². The number of aromatic carboxylic acids is 1. The number of nitrogens with one attached hydrogen (secondary N) is 1. The second-order valence-corrected chi connectivity index (χ2v) is 8.72. The molecule has 0 spiro atoms. The molecule has 2 N–H and O–H groups in total. The van der Waals surface area contributed by atoms with Crippen molar-refractivity contribution in [1.82, 2.24) is 9.55 Å². The normalized spacial score (nSPS) is 14.5. The van der Waals surface area contributed by atoms with Gasteiger partial charge in [0.15, 0.2) is 0 Å². The van der Waals surface area contributed by atoms with E-state index in [0.717, 1.165) is 84.8 Å². The summed E-state index contributed by atoms with van der Waals surface area (Å²) in [5.74, 6) is -1.03. The number of aryl methyl sites for hydroxylation is 2. The van der Waals surface area contributed by atoms with Gasteiger partial charge in [-0.25, -0.2) is 9.18 Å². The summed E-state index contributed by atoms with van der Waals surface area (Å²) < 4.78 is 16.9. The number of carbonyl (C=O) groups is 1. The molecule has 2 aromatic carbocycles. The van der Waals surface area contributed by atoms with Crippen molar-refractivity contribution in [2.75, 3.05) is 18.0 Å². The van der Waals surface area contributed by atoms with Crippen LogP contribution in [0.2, 0.25) is 0 Å². The molecule has 3 heterocycles. The summed E-state index contributed by atoms with van der Waals surface area (Å²) >= 11 is 0. The van der Waals surface area contributed by atoms with E-state index in [-0.39, 0.29) is 5.82 Å². The van der Waals surface area contributed by atoms with Gasteiger partial charge >= 0.3 is 5.97 Å². The largest absolute Gasteiger partial charge is 0.478 e. The van der Waals surface area contributed by atoms with Crippen LogP contribution in [-0.4, -0.2) is 33.7 Å². The molecule has 5 nitrogen and oxygen atoms in total. The Morgan fingerprint density at radius 3 is 2.69 bits per heavy atom. The van der Waals surface area contributed by atoms with Crippen LogP contribution in [0.15, 0.2) is 48.8 Å². The van der Waals surface area contributed by atoms with E-state index < -0.39 is 5.97 Å². The van der Waals surface area contributed by atoms with E-state index >= 15 is 0 Å². The number of carboxylic acid groups (broad SMARTS) is 1. The molecule has 1 fully saturated rings. The number of aromatic nitrogens is 2. The number of aromatic amines is 1. The first kappa shape index (κ1) is 20.6. The highest BCUT2D eigenvalue weighted by atomic mass is 19.1. The van der Waals surface area contributed by atoms with E-state index in [0.29, 0.717) is 5.56 Å². The summed E-state index contributed by atoms with van der Waals surface area (Å²) in [6.45, 7) is 2.72. The highest BCUT2D eigenvalue weighted by molar-refractivity contribution is 5.95. The molecule has 1 aliphatic heterocycles. The Bertz CT molecular complexity index is 1270. The number of hydrogen-bond acceptors (Lipinski definition) is 2. The average Bonchev–Trinajstić information content (AvgIpc) is 3.40. The maximum atomic E-state index is 14.7. The molecule has 4 aromatic rings. The Kier molecular flexibility index (Phi) is 5.60. The third kappa shape index (κ3) is 3.85. The zero-order valence-corrected chi connectivity index (χ0v) is 18.1. The van der Waals surface area contributed by atoms with Crippen LogP contribution in [-0.2, 0) is 13.0 Å². The predicted octanol–water partition coefficient (Wildman–Crippen LogP) is 5.97. The van der Waals surface area contributed by atoms with Crippen LogP contribution in [0.4, 0.5) is 10.1 Å². The summed E-state index contributed by atoms with van der Waals surface area (Å²) in [6, 6.07) is 10.8. The third-order valence-corrected chi connectivity index (χ3v) is 6.66. The molecule has 0 saturated carbocycles. The van der Waals surface area contributed by atoms with Crippen LogP contribution in [0.5, 0.6) is 0 Å². The van der Waals surface area contributed by atoms with Gasteiger partial charge in [0, 0.05) is 48.3 Å². The fourth-order valence-electron chi connectivity index (χ4n) is 4.98. The van der Waals surface area contributed by atoms with Crippen LogP contribution >= 0.6 is 0 Å². The number of piperidine rings is 1. The molecule has 32 heavy (non-hydrogen) atoms. The fourth-order valence-corrected chi connectivity index (χ4v) is 4.98. The first-order valence-corrected chi connectivity index (χ1v) is 11.5. The van der Waals surface area contributed by atoms with Crippen molar-refractivity contribution < 1.29 is 14.3 Å². The highest BCUT2D eigenvalue weighted by Gasteiger charge is 2.19. The van der Waals surface area contributed by atoms with Gasteiger partial charge in [-0.2, -0.15) is 0 Å². The predicted molar refractivity (Wildman–Crippen MR) is 126 cm³/mol. The maximum Gasteiger partial charge on any atom is 0.335 e. The number of halogens is 1. The number of fused-ring (bicyclic) bond motifs is 2. The topological polar surface area (TPSA) is 61.3 Å². The molecule has 0 unspecified atom stereocenters. The summed E-state index contributed by atoms with van der Waals surface area (Å²) in [7, 11) is 0. The number of H-pyrrole nitrogens is 1. The Labute approximate surface area is 186 Å². The summed E-state index contributed by atoms with van der Waals surface area (Å²) in [4.78, 5) is 16.7. The van der Waals surface area contributed by atoms with E-state index in [1.807, 2.05) is 18.3 Å². The van der Waals surface area contributed by atoms with Crippen molar-refractivity contribution in [3.63, 3.8) is 0 Å². The molecule has 0 radical (unpaired) electrons. The lowest BCUT2D eigenvalue weighted by molar-refractivity contribution is 0.0697. The molecule has 0 aliphatic carbocycles. The lowest BCUT2D eigenvalue weighted by Gasteiger charge is -2.29. The minimum absolute atomic E-state index is 0.128. The molecule has 5 rings (SSSR count). The molecule has 2 aromatic heterocycles. The lowest BCUT2D eigenvalue weighted by Crippen LogP contribution is -2.30. The van der Waals surface area contributed by atoms with E-state index in [1.165, 1.54) is 6.42 Å². The van der Waals surface area contributed by atoms with Crippen LogP contribution in [0.1, 0.15) is 48.0 Å². The number of unbranched alkanes of at least 4 members (excludes halogenated alkanes) is 1. The zero-order chi connectivity index (χ0) is 22.1. The number of hydrogen-bond donors (Lipinski definition) is 2. The zero-order valence-electron chi connectivity index (χ0n) is 18.1. The van der Waals surface area contributed by atoms with Gasteiger partial charge in [0.05, 0.1) is 16.8 Å². The molecule has 1 saturated heterocycles. The van der Waals surface area contributed by atoms with Gasteiger partial charge < -0.3 is 19.6 Å². The summed E-state index contributed by atoms with van der Waals surface area (Å²) in [6.07, 6.45) is 10.4. The number of rotatable bonds is 7. The molecule has 0 amide bonds. The van der Waals surface area contributed by atoms with E-state index in [4.69, 9.17) is 0 Å². The fraction of sp³-hybridized carbons (Fsp3) is 0.346. The average molecular weight is 434 g/mol. The van der Waals surface area contributed by atoms with Crippen molar-refractivity contribution in [2.45, 2.75) is 45.1 Å². The van der Waals surface area contributed by atoms with Crippen LogP contribution < -0.4 is 4.90 Å². The minimum Gasteiger partial charge on any atom is -0.478 e. The Morgan fingerprint density at radius 1 is 1.03 bits per heavy atom. The Hall–Kier alpha value is -3.28. The standard InChI is InChI=1S/C26H28FN3O2/c27-22-8-10-24-20(25(22)30-13-3-1-4-14-30)11-15-29(24)12-5-2-6-19-17-28-23-9-7-18(26(31)32)16-21(19)23/h7-11,15-17,28H,1-6,12-14H2,(H,31,32). The molecular formula is C26H28FN3O2. The van der Waals surface area contributed by atoms with Crippen molar-refractivity contribution >= 4 is 33.5 Å². The minimum atomic E-state index is -0.904. The number of anilines is 1. The van der Waals surface area contributed by atoms with Crippen LogP contribution in [0.25, 0.3) is 21.8 Å². The van der Waals surface area contributed by atoms with Crippen molar-refractivity contribution in [2.24, 2.45) is 0 Å². The van der Waals surface area contributed by atoms with E-state index in [9.17, 15) is 14.3 Å². The Morgan fingerprint density at radius 2 is 1.88 bits per heavy atom. The van der Waals surface area contributed by atoms with Crippen molar-refractivity contribution in [3.8, 4) is 0 Å². The first-order chi connectivity index (χ1) is 15.6. The molecule has 0 bridgehead atoms. The van der Waals surface area contributed by atoms with Crippen LogP contribution in [0, 0.1) is 5.82 Å². The van der Waals surface area contributed by atoms with Gasteiger partial charge in [-0.3, -0.25) is 0 Å². The Balaban J connectivity index is 1.28. The highest BCUT2D eigenvalue weighted by Crippen LogP contribution is 2.33. The lowest BCUT2D eigenvalue weighted by atomic mass is 10.0. The van der Waals surface area contributed by atoms with Gasteiger partial charge in [-0.15, -0.1) is 0 Å². The SMILES string of the molecule is O=C(O)c1ccc2[nH]cc(CCCCn3ccc4c(N5CCCCC5)c(F)ccc43)c2c1. The number of carboxylic acids is 1. The van der Waals surface area contributed by atoms with Gasteiger partial charge in [0.1, 0.15) is 5.82 Å². The summed E-state index contributed by atoms with van der Waals surface area (Å²) in [5, 5.41) is 11.2. The second kappa shape index (κ2) is 8.69. The third-order valence-electron chi connectivity index (χ3n) is 6.66. The number of nitrogens with zero attached hydrogens (tertiary/aromatic N) is 2. The first-order valence-electron chi connectivity index (χ1n) is 11.5. The maximum absolute atomic E-state index is 14.7. The van der Waals surface area contributed by atoms with Gasteiger partial charge in [0.25, 0.3) is 0 Å². The van der Waals surface area contributed by atoms with Gasteiger partial charge in [-0.05, 0) is 80.5 Å². The van der Waals surface area contributed by atoms with E-state index in [2.05, 4.69) is 26.7 Å². The molecule has 166 valence electrons. The molecular weight excluding hydrogens is 405 g/mol. The smallest absolute Gasteiger partial charge is 0.335 e. The molecule has 0 atom stereocenters. The molecule has 1 aliphatic rings. The second-order valence-electron chi connectivity index (χ2n) is 8.72. The number of benzene rings is 2. The van der Waals surface area contributed by atoms with E-state index in [1.54, 1.807) is 18.2 Å². The van der Waals surface area contributed by atoms with Gasteiger partial charge in [-0.1, -0.05) is 0 Å². The van der Waals surface area contributed by atoms with Gasteiger partial charge in [0.2, 0.25) is 0 Å². The monoisotopic (exact) mass is 433 g/mol. The van der Waals surface area contributed by atoms with Crippen LogP contribution in [0.3, 0.4) is 0 Å².